The lowest BCUT2D eigenvalue weighted by Crippen LogP contribution is -2.44. The number of carbonyl (C=O) groups is 1. The molecule has 0 fully saturated rings. The lowest BCUT2D eigenvalue weighted by Gasteiger charge is -2.24. The lowest BCUT2D eigenvalue weighted by molar-refractivity contribution is -0.118. The first-order chi connectivity index (χ1) is 9.22. The number of amides is 1. The van der Waals surface area contributed by atoms with Crippen molar-refractivity contribution in [1.29, 1.82) is 0 Å². The van der Waals surface area contributed by atoms with E-state index in [1.165, 1.54) is 11.1 Å². The number of nitrogens with zero attached hydrogens (tertiary/aromatic N) is 2. The largest absolute Gasteiger partial charge is 0.328 e. The number of aryl methyl sites for hydroxylation is 1. The molecule has 98 valence electrons. The molecule has 2 heterocycles. The first-order valence-corrected chi connectivity index (χ1v) is 6.14. The maximum atomic E-state index is 12.1. The Morgan fingerprint density at radius 3 is 2.95 bits per heavy atom. The zero-order chi connectivity index (χ0) is 13.2. The average Bonchev–Trinajstić information content (AvgIpc) is 2.83. The molecule has 19 heavy (non-hydrogen) atoms. The highest BCUT2D eigenvalue weighted by molar-refractivity contribution is 5.93. The van der Waals surface area contributed by atoms with Gasteiger partial charge in [0.2, 0.25) is 5.91 Å². The van der Waals surface area contributed by atoms with E-state index < -0.39 is 0 Å². The Kier molecular flexibility index (Phi) is 3.00. The predicted molar refractivity (Wildman–Crippen MR) is 68.4 cm³/mol. The summed E-state index contributed by atoms with van der Waals surface area (Å²) >= 11 is 0. The Balaban J connectivity index is 1.69. The smallest absolute Gasteiger partial charge is 0.315 e. The number of hydrogen-bond donors (Lipinski definition) is 2. The SMILES string of the molecule is Cc1noc(NC(=O)[C@H]2Cc3ccccc3CN2)n1. The number of rotatable bonds is 2. The third-order valence-corrected chi connectivity index (χ3v) is 3.16. The van der Waals surface area contributed by atoms with E-state index in [2.05, 4.69) is 26.8 Å². The lowest BCUT2D eigenvalue weighted by atomic mass is 9.95. The molecule has 0 spiro atoms. The van der Waals surface area contributed by atoms with Gasteiger partial charge in [-0.2, -0.15) is 4.98 Å². The van der Waals surface area contributed by atoms with Crippen LogP contribution < -0.4 is 10.6 Å². The van der Waals surface area contributed by atoms with Crippen LogP contribution in [0.3, 0.4) is 0 Å². The molecule has 3 rings (SSSR count). The van der Waals surface area contributed by atoms with Gasteiger partial charge in [-0.15, -0.1) is 0 Å². The van der Waals surface area contributed by atoms with Crippen LogP contribution in [0.2, 0.25) is 0 Å². The summed E-state index contributed by atoms with van der Waals surface area (Å²) in [5, 5.41) is 9.45. The van der Waals surface area contributed by atoms with Crippen LogP contribution in [0.4, 0.5) is 6.01 Å². The molecule has 0 saturated carbocycles. The van der Waals surface area contributed by atoms with E-state index in [-0.39, 0.29) is 18.0 Å². The predicted octanol–water partition coefficient (Wildman–Crippen LogP) is 1.03. The fourth-order valence-electron chi connectivity index (χ4n) is 2.18. The minimum absolute atomic E-state index is 0.142. The van der Waals surface area contributed by atoms with Crippen LogP contribution in [0.5, 0.6) is 0 Å². The summed E-state index contributed by atoms with van der Waals surface area (Å²) < 4.78 is 4.87. The van der Waals surface area contributed by atoms with Gasteiger partial charge in [0.15, 0.2) is 5.82 Å². The van der Waals surface area contributed by atoms with Crippen molar-refractivity contribution in [3.63, 3.8) is 0 Å². The van der Waals surface area contributed by atoms with Gasteiger partial charge in [-0.3, -0.25) is 10.1 Å². The highest BCUT2D eigenvalue weighted by Crippen LogP contribution is 2.17. The van der Waals surface area contributed by atoms with Crippen molar-refractivity contribution in [1.82, 2.24) is 15.5 Å². The third kappa shape index (κ3) is 2.48. The van der Waals surface area contributed by atoms with Gasteiger partial charge in [-0.05, 0) is 24.5 Å². The van der Waals surface area contributed by atoms with Crippen LogP contribution >= 0.6 is 0 Å². The molecule has 0 aliphatic carbocycles. The number of carbonyl (C=O) groups excluding carboxylic acids is 1. The van der Waals surface area contributed by atoms with E-state index in [1.54, 1.807) is 6.92 Å². The second-order valence-corrected chi connectivity index (χ2v) is 4.54. The number of nitrogens with one attached hydrogen (secondary N) is 2. The Morgan fingerprint density at radius 1 is 1.42 bits per heavy atom. The second kappa shape index (κ2) is 4.81. The molecule has 1 aromatic heterocycles. The standard InChI is InChI=1S/C13H14N4O2/c1-8-15-13(19-17-8)16-12(18)11-6-9-4-2-3-5-10(9)7-14-11/h2-5,11,14H,6-7H2,1H3,(H,15,16,17,18)/t11-/m1/s1. The van der Waals surface area contributed by atoms with Crippen LogP contribution in [-0.4, -0.2) is 22.1 Å². The molecule has 1 aromatic carbocycles. The summed E-state index contributed by atoms with van der Waals surface area (Å²) in [5.74, 6) is 0.343. The topological polar surface area (TPSA) is 80.0 Å². The summed E-state index contributed by atoms with van der Waals surface area (Å²) in [7, 11) is 0. The molecular formula is C13H14N4O2. The molecule has 1 atom stereocenters. The number of aromatic nitrogens is 2. The van der Waals surface area contributed by atoms with E-state index >= 15 is 0 Å². The van der Waals surface area contributed by atoms with Gasteiger partial charge >= 0.3 is 6.01 Å². The fourth-order valence-corrected chi connectivity index (χ4v) is 2.18. The summed E-state index contributed by atoms with van der Waals surface area (Å²) in [5.41, 5.74) is 2.43. The molecule has 0 unspecified atom stereocenters. The summed E-state index contributed by atoms with van der Waals surface area (Å²) in [6.45, 7) is 2.39. The maximum Gasteiger partial charge on any atom is 0.328 e. The van der Waals surface area contributed by atoms with E-state index in [4.69, 9.17) is 4.52 Å². The maximum absolute atomic E-state index is 12.1. The molecule has 1 aliphatic rings. The minimum atomic E-state index is -0.276. The van der Waals surface area contributed by atoms with Crippen molar-refractivity contribution in [2.45, 2.75) is 25.9 Å². The third-order valence-electron chi connectivity index (χ3n) is 3.16. The highest BCUT2D eigenvalue weighted by Gasteiger charge is 2.24. The van der Waals surface area contributed by atoms with Crippen molar-refractivity contribution in [3.8, 4) is 0 Å². The summed E-state index contributed by atoms with van der Waals surface area (Å²) in [6.07, 6.45) is 0.662. The molecule has 0 radical (unpaired) electrons. The second-order valence-electron chi connectivity index (χ2n) is 4.54. The van der Waals surface area contributed by atoms with E-state index in [0.717, 1.165) is 0 Å². The van der Waals surface area contributed by atoms with Crippen LogP contribution in [-0.2, 0) is 17.8 Å². The van der Waals surface area contributed by atoms with E-state index in [1.807, 2.05) is 18.2 Å². The normalized spacial score (nSPS) is 17.8. The number of hydrogen-bond acceptors (Lipinski definition) is 5. The van der Waals surface area contributed by atoms with Crippen molar-refractivity contribution in [2.75, 3.05) is 5.32 Å². The van der Waals surface area contributed by atoms with Gasteiger partial charge in [-0.1, -0.05) is 29.4 Å². The van der Waals surface area contributed by atoms with Gasteiger partial charge < -0.3 is 9.84 Å². The summed E-state index contributed by atoms with van der Waals surface area (Å²) in [4.78, 5) is 16.0. The van der Waals surface area contributed by atoms with E-state index in [0.29, 0.717) is 18.8 Å². The van der Waals surface area contributed by atoms with Gasteiger partial charge in [-0.25, -0.2) is 0 Å². The van der Waals surface area contributed by atoms with E-state index in [9.17, 15) is 4.79 Å². The molecule has 0 bridgehead atoms. The Bertz CT molecular complexity index is 608. The number of anilines is 1. The van der Waals surface area contributed by atoms with Crippen molar-refractivity contribution >= 4 is 11.9 Å². The quantitative estimate of drug-likeness (QED) is 0.841. The Hall–Kier alpha value is -2.21. The van der Waals surface area contributed by atoms with Crippen LogP contribution in [0.1, 0.15) is 17.0 Å². The van der Waals surface area contributed by atoms with Crippen molar-refractivity contribution in [2.24, 2.45) is 0 Å². The molecule has 2 aromatic rings. The fraction of sp³-hybridized carbons (Fsp3) is 0.308. The molecule has 6 heteroatoms. The zero-order valence-electron chi connectivity index (χ0n) is 10.5. The first kappa shape index (κ1) is 11.9. The number of benzene rings is 1. The van der Waals surface area contributed by atoms with Gasteiger partial charge in [0.05, 0.1) is 6.04 Å². The van der Waals surface area contributed by atoms with Crippen LogP contribution in [0.25, 0.3) is 0 Å². The van der Waals surface area contributed by atoms with Gasteiger partial charge in [0.1, 0.15) is 0 Å². The van der Waals surface area contributed by atoms with Gasteiger partial charge in [0, 0.05) is 6.54 Å². The molecule has 6 nitrogen and oxygen atoms in total. The van der Waals surface area contributed by atoms with Gasteiger partial charge in [0.25, 0.3) is 0 Å². The van der Waals surface area contributed by atoms with Crippen LogP contribution in [0.15, 0.2) is 28.8 Å². The van der Waals surface area contributed by atoms with Crippen molar-refractivity contribution in [3.05, 3.63) is 41.2 Å². The Labute approximate surface area is 110 Å². The molecule has 1 amide bonds. The monoisotopic (exact) mass is 258 g/mol. The Morgan fingerprint density at radius 2 is 2.21 bits per heavy atom. The zero-order valence-corrected chi connectivity index (χ0v) is 10.5. The molecule has 1 aliphatic heterocycles. The van der Waals surface area contributed by atoms with Crippen molar-refractivity contribution < 1.29 is 9.32 Å². The van der Waals surface area contributed by atoms with Crippen LogP contribution in [0, 0.1) is 6.92 Å². The molecule has 2 N–H and O–H groups in total. The molecular weight excluding hydrogens is 244 g/mol. The average molecular weight is 258 g/mol. The first-order valence-electron chi connectivity index (χ1n) is 6.14. The number of fused-ring (bicyclic) bond motifs is 1. The minimum Gasteiger partial charge on any atom is -0.315 e. The molecule has 0 saturated heterocycles. The summed E-state index contributed by atoms with van der Waals surface area (Å²) in [6, 6.07) is 7.97. The highest BCUT2D eigenvalue weighted by atomic mass is 16.5.